The van der Waals surface area contributed by atoms with Crippen LogP contribution in [0.15, 0.2) is 54.9 Å². The van der Waals surface area contributed by atoms with Gasteiger partial charge < -0.3 is 15.2 Å². The average Bonchev–Trinajstić information content (AvgIpc) is 2.51. The van der Waals surface area contributed by atoms with Crippen LogP contribution in [0, 0.1) is 13.8 Å². The molecule has 116 valence electrons. The molecule has 0 unspecified atom stereocenters. The zero-order valence-electron chi connectivity index (χ0n) is 13.0. The second-order valence-corrected chi connectivity index (χ2v) is 5.24. The van der Waals surface area contributed by atoms with Crippen LogP contribution >= 0.6 is 0 Å². The van der Waals surface area contributed by atoms with Gasteiger partial charge in [0.2, 0.25) is 11.8 Å². The van der Waals surface area contributed by atoms with Crippen LogP contribution in [0.3, 0.4) is 0 Å². The molecule has 1 aromatic heterocycles. The Labute approximate surface area is 134 Å². The van der Waals surface area contributed by atoms with Crippen LogP contribution < -0.4 is 15.2 Å². The number of hydrogen-bond acceptors (Lipinski definition) is 5. The zero-order valence-corrected chi connectivity index (χ0v) is 13.0. The summed E-state index contributed by atoms with van der Waals surface area (Å²) in [5, 5.41) is 0. The Morgan fingerprint density at radius 1 is 0.783 bits per heavy atom. The molecule has 5 heteroatoms. The Bertz CT molecular complexity index is 800. The molecule has 2 N–H and O–H groups in total. The number of nitrogens with two attached hydrogens (primary N) is 1. The van der Waals surface area contributed by atoms with Crippen molar-refractivity contribution < 1.29 is 9.47 Å². The lowest BCUT2D eigenvalue weighted by atomic mass is 10.1. The summed E-state index contributed by atoms with van der Waals surface area (Å²) in [4.78, 5) is 8.17. The summed E-state index contributed by atoms with van der Waals surface area (Å²) in [6.07, 6.45) is 1.37. The first kappa shape index (κ1) is 14.8. The third-order valence-corrected chi connectivity index (χ3v) is 3.18. The first-order chi connectivity index (χ1) is 11.1. The molecule has 0 bridgehead atoms. The number of hydrogen-bond donors (Lipinski definition) is 1. The Hall–Kier alpha value is -3.08. The molecule has 5 nitrogen and oxygen atoms in total. The molecule has 0 aliphatic heterocycles. The van der Waals surface area contributed by atoms with Crippen molar-refractivity contribution in [3.8, 4) is 23.3 Å². The predicted octanol–water partition coefficient (Wildman–Crippen LogP) is 4.26. The third kappa shape index (κ3) is 3.58. The van der Waals surface area contributed by atoms with Gasteiger partial charge in [0.25, 0.3) is 0 Å². The van der Waals surface area contributed by atoms with Crippen LogP contribution in [0.25, 0.3) is 0 Å². The molecule has 2 aromatic carbocycles. The van der Waals surface area contributed by atoms with E-state index in [2.05, 4.69) is 16.0 Å². The van der Waals surface area contributed by atoms with Crippen LogP contribution in [0.2, 0.25) is 0 Å². The second kappa shape index (κ2) is 6.36. The summed E-state index contributed by atoms with van der Waals surface area (Å²) >= 11 is 0. The summed E-state index contributed by atoms with van der Waals surface area (Å²) in [7, 11) is 0. The minimum absolute atomic E-state index is 0.260. The molecule has 0 spiro atoms. The number of nitrogen functional groups attached to an aromatic ring is 1. The molecule has 0 aliphatic rings. The third-order valence-electron chi connectivity index (χ3n) is 3.18. The highest BCUT2D eigenvalue weighted by molar-refractivity contribution is 5.58. The van der Waals surface area contributed by atoms with E-state index >= 15 is 0 Å². The van der Waals surface area contributed by atoms with Gasteiger partial charge in [-0.2, -0.15) is 9.97 Å². The highest BCUT2D eigenvalue weighted by Gasteiger charge is 2.12. The van der Waals surface area contributed by atoms with E-state index < -0.39 is 0 Å². The summed E-state index contributed by atoms with van der Waals surface area (Å²) in [5.41, 5.74) is 8.55. The van der Waals surface area contributed by atoms with Crippen molar-refractivity contribution in [2.75, 3.05) is 5.73 Å². The van der Waals surface area contributed by atoms with Gasteiger partial charge in [0.1, 0.15) is 17.8 Å². The van der Waals surface area contributed by atoms with Gasteiger partial charge in [0, 0.05) is 0 Å². The molecular weight excluding hydrogens is 290 g/mol. The minimum Gasteiger partial charge on any atom is -0.437 e. The highest BCUT2D eigenvalue weighted by Crippen LogP contribution is 2.33. The van der Waals surface area contributed by atoms with Gasteiger partial charge in [-0.1, -0.05) is 24.3 Å². The number of anilines is 1. The van der Waals surface area contributed by atoms with Crippen molar-refractivity contribution in [2.24, 2.45) is 0 Å². The first-order valence-corrected chi connectivity index (χ1v) is 7.21. The number of ether oxygens (including phenoxy) is 2. The second-order valence-electron chi connectivity index (χ2n) is 5.24. The molecule has 1 heterocycles. The van der Waals surface area contributed by atoms with Crippen LogP contribution in [0.1, 0.15) is 11.1 Å². The van der Waals surface area contributed by atoms with Crippen LogP contribution in [-0.4, -0.2) is 9.97 Å². The fraction of sp³-hybridized carbons (Fsp3) is 0.111. The maximum atomic E-state index is 6.08. The number of nitrogens with zero attached hydrogens (tertiary/aromatic N) is 2. The smallest absolute Gasteiger partial charge is 0.249 e. The lowest BCUT2D eigenvalue weighted by Crippen LogP contribution is -2.00. The van der Waals surface area contributed by atoms with E-state index in [4.69, 9.17) is 15.2 Å². The topological polar surface area (TPSA) is 70.3 Å². The molecule has 0 radical (unpaired) electrons. The molecule has 0 aliphatic carbocycles. The van der Waals surface area contributed by atoms with E-state index in [0.717, 1.165) is 11.1 Å². The van der Waals surface area contributed by atoms with Crippen molar-refractivity contribution >= 4 is 5.69 Å². The van der Waals surface area contributed by atoms with Crippen LogP contribution in [0.5, 0.6) is 23.3 Å². The van der Waals surface area contributed by atoms with Crippen molar-refractivity contribution in [2.45, 2.75) is 13.8 Å². The molecule has 0 amide bonds. The summed E-state index contributed by atoms with van der Waals surface area (Å²) in [6.45, 7) is 4.01. The maximum Gasteiger partial charge on any atom is 0.249 e. The van der Waals surface area contributed by atoms with Crippen molar-refractivity contribution in [3.05, 3.63) is 66.0 Å². The van der Waals surface area contributed by atoms with E-state index in [1.165, 1.54) is 6.33 Å². The lowest BCUT2D eigenvalue weighted by Gasteiger charge is -2.11. The number of benzene rings is 2. The number of aryl methyl sites for hydroxylation is 2. The molecule has 0 saturated carbocycles. The lowest BCUT2D eigenvalue weighted by molar-refractivity contribution is 0.438. The Morgan fingerprint density at radius 3 is 1.96 bits per heavy atom. The predicted molar refractivity (Wildman–Crippen MR) is 89.0 cm³/mol. The van der Waals surface area contributed by atoms with Gasteiger partial charge in [-0.15, -0.1) is 0 Å². The van der Waals surface area contributed by atoms with E-state index in [-0.39, 0.29) is 17.4 Å². The van der Waals surface area contributed by atoms with Gasteiger partial charge in [-0.25, -0.2) is 0 Å². The van der Waals surface area contributed by atoms with Crippen molar-refractivity contribution in [1.82, 2.24) is 9.97 Å². The molecule has 3 rings (SSSR count). The van der Waals surface area contributed by atoms with Crippen molar-refractivity contribution in [3.63, 3.8) is 0 Å². The van der Waals surface area contributed by atoms with E-state index in [0.29, 0.717) is 11.5 Å². The fourth-order valence-electron chi connectivity index (χ4n) is 2.23. The van der Waals surface area contributed by atoms with Gasteiger partial charge in [-0.05, 0) is 49.2 Å². The average molecular weight is 307 g/mol. The quantitative estimate of drug-likeness (QED) is 0.779. The van der Waals surface area contributed by atoms with Gasteiger partial charge in [-0.3, -0.25) is 0 Å². The molecular formula is C18H17N3O2. The highest BCUT2D eigenvalue weighted by atomic mass is 16.5. The minimum atomic E-state index is 0.260. The SMILES string of the molecule is Cc1cc(C)cc(Oc2ncnc(Oc3ccccc3)c2N)c1. The molecule has 0 fully saturated rings. The summed E-state index contributed by atoms with van der Waals surface area (Å²) < 4.78 is 11.5. The standard InChI is InChI=1S/C18H17N3O2/c1-12-8-13(2)10-15(9-12)23-18-16(19)17(20-11-21-18)22-14-6-4-3-5-7-14/h3-11H,19H2,1-2H3. The largest absolute Gasteiger partial charge is 0.437 e. The van der Waals surface area contributed by atoms with Crippen molar-refractivity contribution in [1.29, 1.82) is 0 Å². The van der Waals surface area contributed by atoms with Gasteiger partial charge >= 0.3 is 0 Å². The van der Waals surface area contributed by atoms with Gasteiger partial charge in [0.05, 0.1) is 0 Å². The first-order valence-electron chi connectivity index (χ1n) is 7.21. The van der Waals surface area contributed by atoms with E-state index in [9.17, 15) is 0 Å². The number of para-hydroxylation sites is 1. The fourth-order valence-corrected chi connectivity index (χ4v) is 2.23. The maximum absolute atomic E-state index is 6.08. The van der Waals surface area contributed by atoms with Crippen LogP contribution in [-0.2, 0) is 0 Å². The Morgan fingerprint density at radius 2 is 1.35 bits per heavy atom. The van der Waals surface area contributed by atoms with E-state index in [1.54, 1.807) is 0 Å². The Balaban J connectivity index is 1.87. The number of rotatable bonds is 4. The molecule has 23 heavy (non-hydrogen) atoms. The number of aromatic nitrogens is 2. The van der Waals surface area contributed by atoms with Gasteiger partial charge in [0.15, 0.2) is 5.69 Å². The molecule has 0 atom stereocenters. The zero-order chi connectivity index (χ0) is 16.2. The summed E-state index contributed by atoms with van der Waals surface area (Å²) in [5.74, 6) is 1.87. The van der Waals surface area contributed by atoms with E-state index in [1.807, 2.05) is 56.3 Å². The normalized spacial score (nSPS) is 10.3. The summed E-state index contributed by atoms with van der Waals surface area (Å²) in [6, 6.07) is 15.2. The van der Waals surface area contributed by atoms with Crippen LogP contribution in [0.4, 0.5) is 5.69 Å². The molecule has 0 saturated heterocycles. The monoisotopic (exact) mass is 307 g/mol. The Kier molecular flexibility index (Phi) is 4.10. The molecule has 3 aromatic rings.